The third-order valence-electron chi connectivity index (χ3n) is 18.2. The van der Waals surface area contributed by atoms with E-state index >= 15 is 0 Å². The third kappa shape index (κ3) is 9.01. The largest absolute Gasteiger partial charge is 0.311 e. The van der Waals surface area contributed by atoms with Crippen molar-refractivity contribution in [2.24, 2.45) is 0 Å². The predicted molar refractivity (Wildman–Crippen MR) is 370 cm³/mol. The molecule has 14 rings (SSSR count). The van der Waals surface area contributed by atoms with Crippen LogP contribution in [-0.4, -0.2) is 11.3 Å². The van der Waals surface area contributed by atoms with Crippen LogP contribution in [0.3, 0.4) is 0 Å². The number of benzene rings is 10. The van der Waals surface area contributed by atoms with E-state index in [-0.39, 0.29) is 23.0 Å². The third-order valence-corrected chi connectivity index (χ3v) is 19.4. The molecule has 0 saturated heterocycles. The summed E-state index contributed by atoms with van der Waals surface area (Å²) in [5.74, 6) is 0. The molecule has 6 heteroatoms. The van der Waals surface area contributed by atoms with Crippen molar-refractivity contribution in [2.45, 2.75) is 113 Å². The Balaban J connectivity index is 1.06. The average molecular weight is 1120 g/mol. The van der Waals surface area contributed by atoms with Gasteiger partial charge in [-0.3, -0.25) is 0 Å². The second-order valence-corrected chi connectivity index (χ2v) is 28.5. The minimum absolute atomic E-state index is 0.0244. The van der Waals surface area contributed by atoms with Gasteiger partial charge in [0.25, 0.3) is 6.71 Å². The summed E-state index contributed by atoms with van der Waals surface area (Å²) >= 11 is 1.88. The topological polar surface area (TPSA) is 14.7 Å². The Kier molecular flexibility index (Phi) is 12.6. The van der Waals surface area contributed by atoms with Crippen molar-refractivity contribution >= 4 is 118 Å². The van der Waals surface area contributed by atoms with Gasteiger partial charge < -0.3 is 19.3 Å². The van der Waals surface area contributed by atoms with Gasteiger partial charge >= 0.3 is 0 Å². The lowest BCUT2D eigenvalue weighted by Gasteiger charge is -2.45. The summed E-state index contributed by atoms with van der Waals surface area (Å²) in [6.07, 6.45) is 0. The van der Waals surface area contributed by atoms with Gasteiger partial charge in [-0.25, -0.2) is 0 Å². The summed E-state index contributed by atoms with van der Waals surface area (Å²) in [4.78, 5) is 9.09. The van der Waals surface area contributed by atoms with Gasteiger partial charge in [0.2, 0.25) is 0 Å². The van der Waals surface area contributed by atoms with Crippen molar-refractivity contribution in [3.63, 3.8) is 0 Å². The van der Waals surface area contributed by atoms with Crippen LogP contribution in [0.1, 0.15) is 107 Å². The molecule has 0 atom stereocenters. The van der Waals surface area contributed by atoms with E-state index in [1.165, 1.54) is 143 Å². The van der Waals surface area contributed by atoms with Crippen LogP contribution in [0.25, 0.3) is 48.0 Å². The van der Waals surface area contributed by atoms with Gasteiger partial charge in [0.05, 0.1) is 22.4 Å². The number of aryl methyl sites for hydroxylation is 5. The smallest absolute Gasteiger partial charge is 0.252 e. The molecule has 0 saturated carbocycles. The quantitative estimate of drug-likeness (QED) is 0.148. The fourth-order valence-corrected chi connectivity index (χ4v) is 15.1. The maximum absolute atomic E-state index is 2.66. The lowest BCUT2D eigenvalue weighted by molar-refractivity contribution is 0.589. The molecule has 0 radical (unpaired) electrons. The van der Waals surface area contributed by atoms with E-state index in [1.807, 2.05) is 11.3 Å². The summed E-state index contributed by atoms with van der Waals surface area (Å²) < 4.78 is 3.76. The molecule has 2 aliphatic rings. The van der Waals surface area contributed by atoms with Crippen molar-refractivity contribution in [1.82, 2.24) is 4.57 Å². The van der Waals surface area contributed by atoms with Gasteiger partial charge in [0.15, 0.2) is 0 Å². The van der Waals surface area contributed by atoms with Gasteiger partial charge in [-0.1, -0.05) is 165 Å². The first-order valence-electron chi connectivity index (χ1n) is 30.3. The van der Waals surface area contributed by atoms with Crippen LogP contribution in [0.15, 0.2) is 200 Å². The summed E-state index contributed by atoms with van der Waals surface area (Å²) in [5, 5.41) is 3.76. The maximum Gasteiger partial charge on any atom is 0.252 e. The van der Waals surface area contributed by atoms with Gasteiger partial charge in [-0.15, -0.1) is 11.3 Å². The molecule has 0 spiro atoms. The molecule has 420 valence electrons. The Labute approximate surface area is 507 Å². The molecule has 4 heterocycles. The Morgan fingerprint density at radius 3 is 1.69 bits per heavy atom. The van der Waals surface area contributed by atoms with Crippen LogP contribution in [0.4, 0.5) is 51.2 Å². The molecule has 0 bridgehead atoms. The number of nitrogens with zero attached hydrogens (tertiary/aromatic N) is 4. The van der Waals surface area contributed by atoms with Crippen molar-refractivity contribution < 1.29 is 0 Å². The molecule has 0 fully saturated rings. The normalized spacial score (nSPS) is 13.2. The molecule has 85 heavy (non-hydrogen) atoms. The van der Waals surface area contributed by atoms with Crippen LogP contribution < -0.4 is 31.1 Å². The van der Waals surface area contributed by atoms with Gasteiger partial charge in [-0.05, 0) is 220 Å². The Bertz CT molecular complexity index is 4590. The molecule has 0 aliphatic carbocycles. The zero-order valence-corrected chi connectivity index (χ0v) is 52.6. The van der Waals surface area contributed by atoms with E-state index in [0.717, 1.165) is 17.1 Å². The first-order valence-corrected chi connectivity index (χ1v) is 31.2. The number of aromatic nitrogens is 1. The predicted octanol–water partition coefficient (Wildman–Crippen LogP) is 20.7. The van der Waals surface area contributed by atoms with E-state index in [9.17, 15) is 0 Å². The Morgan fingerprint density at radius 2 is 1.01 bits per heavy atom. The maximum atomic E-state index is 2.66. The molecular formula is C79H75BN4S. The summed E-state index contributed by atoms with van der Waals surface area (Å²) in [6.45, 7) is 32.5. The van der Waals surface area contributed by atoms with Crippen molar-refractivity contribution in [2.75, 3.05) is 14.7 Å². The highest BCUT2D eigenvalue weighted by atomic mass is 32.1. The highest BCUT2D eigenvalue weighted by Crippen LogP contribution is 2.51. The Morgan fingerprint density at radius 1 is 0.412 bits per heavy atom. The first-order chi connectivity index (χ1) is 40.6. The van der Waals surface area contributed by atoms with Gasteiger partial charge in [0.1, 0.15) is 0 Å². The summed E-state index contributed by atoms with van der Waals surface area (Å²) in [5.41, 5.74) is 29.4. The van der Waals surface area contributed by atoms with Crippen LogP contribution in [0, 0.1) is 34.6 Å². The molecule has 0 N–H and O–H groups in total. The summed E-state index contributed by atoms with van der Waals surface area (Å²) in [6, 6.07) is 76.9. The molecule has 12 aromatic rings. The fraction of sp³-hybridized carbons (Fsp3) is 0.215. The number of anilines is 9. The fourth-order valence-electron chi connectivity index (χ4n) is 14.0. The zero-order chi connectivity index (χ0) is 59.2. The number of para-hydroxylation sites is 2. The average Bonchev–Trinajstić information content (AvgIpc) is 1.35. The standard InChI is InChI=1S/C79H75BN4S/c1-48-38-70-74-71(39-48)84(76-49(2)40-54(41-50(76)3)73-44-53-22-18-21-27-72(53)85-73)69-47-61(34-36-64(69)80(74)65-45-56(78(9,10)11)30-37-67(65)83(70)59-31-28-55(29-32-59)77(6,7)8)81(75-51(4)42-57(43-52(75)5)79(12,13)14)60-33-35-63-62-25-19-20-26-66(62)82(68(63)46-60)58-23-16-15-17-24-58/h15-47H,1-14H3. The highest BCUT2D eigenvalue weighted by Gasteiger charge is 2.45. The first kappa shape index (κ1) is 54.4. The minimum atomic E-state index is -0.0749. The molecule has 0 amide bonds. The molecular weight excluding hydrogens is 1050 g/mol. The van der Waals surface area contributed by atoms with Crippen LogP contribution >= 0.6 is 11.3 Å². The van der Waals surface area contributed by atoms with Crippen LogP contribution in [0.5, 0.6) is 0 Å². The van der Waals surface area contributed by atoms with Gasteiger partial charge in [-0.2, -0.15) is 0 Å². The zero-order valence-electron chi connectivity index (χ0n) is 51.8. The number of fused-ring (bicyclic) bond motifs is 8. The summed E-state index contributed by atoms with van der Waals surface area (Å²) in [7, 11) is 0. The highest BCUT2D eigenvalue weighted by molar-refractivity contribution is 7.22. The number of hydrogen-bond donors (Lipinski definition) is 0. The monoisotopic (exact) mass is 1120 g/mol. The second-order valence-electron chi connectivity index (χ2n) is 27.4. The van der Waals surface area contributed by atoms with Crippen molar-refractivity contribution in [3.8, 4) is 16.1 Å². The number of rotatable bonds is 7. The van der Waals surface area contributed by atoms with Crippen molar-refractivity contribution in [1.29, 1.82) is 0 Å². The molecule has 2 aliphatic heterocycles. The van der Waals surface area contributed by atoms with E-state index in [4.69, 9.17) is 0 Å². The number of hydrogen-bond acceptors (Lipinski definition) is 4. The lowest BCUT2D eigenvalue weighted by Crippen LogP contribution is -2.61. The van der Waals surface area contributed by atoms with E-state index in [0.29, 0.717) is 0 Å². The van der Waals surface area contributed by atoms with Gasteiger partial charge in [0, 0.05) is 65.8 Å². The van der Waals surface area contributed by atoms with E-state index in [2.05, 4.69) is 316 Å². The molecule has 0 unspecified atom stereocenters. The molecule has 2 aromatic heterocycles. The second kappa shape index (κ2) is 19.8. The molecule has 10 aromatic carbocycles. The number of thiophene rings is 1. The Hall–Kier alpha value is -8.58. The van der Waals surface area contributed by atoms with Crippen LogP contribution in [-0.2, 0) is 16.2 Å². The minimum Gasteiger partial charge on any atom is -0.311 e. The van der Waals surface area contributed by atoms with Crippen LogP contribution in [0.2, 0.25) is 0 Å². The lowest BCUT2D eigenvalue weighted by atomic mass is 9.33. The molecule has 4 nitrogen and oxygen atoms in total. The van der Waals surface area contributed by atoms with E-state index < -0.39 is 0 Å². The van der Waals surface area contributed by atoms with E-state index in [1.54, 1.807) is 0 Å². The van der Waals surface area contributed by atoms with Crippen molar-refractivity contribution in [3.05, 3.63) is 245 Å². The SMILES string of the molecule is Cc1cc2c3c(c1)N(c1c(C)cc(-c4cc5ccccc5s4)cc1C)c1cc(N(c4ccc5c6ccccc6n(-c6ccccc6)c5c4)c4c(C)cc(C(C)(C)C)cc4C)ccc1B3c1cc(C(C)(C)C)ccc1N2c1ccc(C(C)(C)C)cc1.